The standard InChI is InChI=1S/C9H14O3/c1-3-6-11-7-8-4-5-9(10-2)12-8/h1,8-9H,4-7H2,2H3/t8?,9-/m1/s1. The van der Waals surface area contributed by atoms with Gasteiger partial charge in [-0.05, 0) is 6.42 Å². The first-order valence-electron chi connectivity index (χ1n) is 4.06. The van der Waals surface area contributed by atoms with Crippen LogP contribution in [-0.4, -0.2) is 32.7 Å². The van der Waals surface area contributed by atoms with Crippen molar-refractivity contribution in [3.63, 3.8) is 0 Å². The summed E-state index contributed by atoms with van der Waals surface area (Å²) in [6.45, 7) is 0.932. The Bertz CT molecular complexity index is 162. The third-order valence-corrected chi connectivity index (χ3v) is 1.82. The highest BCUT2D eigenvalue weighted by Crippen LogP contribution is 2.19. The minimum absolute atomic E-state index is 0.0514. The van der Waals surface area contributed by atoms with Crippen LogP contribution in [0.25, 0.3) is 0 Å². The molecule has 1 heterocycles. The van der Waals surface area contributed by atoms with Crippen molar-refractivity contribution in [2.45, 2.75) is 25.2 Å². The van der Waals surface area contributed by atoms with Crippen molar-refractivity contribution in [3.05, 3.63) is 0 Å². The molecule has 1 aliphatic rings. The molecule has 1 unspecified atom stereocenters. The Hall–Kier alpha value is -0.560. The molecule has 0 N–H and O–H groups in total. The summed E-state index contributed by atoms with van der Waals surface area (Å²) < 4.78 is 15.6. The Morgan fingerprint density at radius 1 is 1.58 bits per heavy atom. The van der Waals surface area contributed by atoms with Crippen LogP contribution in [-0.2, 0) is 14.2 Å². The van der Waals surface area contributed by atoms with Gasteiger partial charge >= 0.3 is 0 Å². The Morgan fingerprint density at radius 2 is 2.42 bits per heavy atom. The van der Waals surface area contributed by atoms with Gasteiger partial charge in [-0.25, -0.2) is 0 Å². The lowest BCUT2D eigenvalue weighted by atomic mass is 10.2. The predicted molar refractivity (Wildman–Crippen MR) is 44.6 cm³/mol. The van der Waals surface area contributed by atoms with Crippen LogP contribution in [0.4, 0.5) is 0 Å². The molecule has 0 amide bonds. The second-order valence-electron chi connectivity index (χ2n) is 2.72. The normalized spacial score (nSPS) is 28.7. The number of hydrogen-bond acceptors (Lipinski definition) is 3. The van der Waals surface area contributed by atoms with Crippen LogP contribution < -0.4 is 0 Å². The molecule has 1 aliphatic heterocycles. The lowest BCUT2D eigenvalue weighted by Gasteiger charge is -2.11. The molecule has 1 fully saturated rings. The quantitative estimate of drug-likeness (QED) is 0.461. The van der Waals surface area contributed by atoms with Crippen molar-refractivity contribution in [1.82, 2.24) is 0 Å². The van der Waals surface area contributed by atoms with Gasteiger partial charge in [0.25, 0.3) is 0 Å². The average Bonchev–Trinajstić information content (AvgIpc) is 2.53. The van der Waals surface area contributed by atoms with Crippen molar-refractivity contribution in [2.24, 2.45) is 0 Å². The largest absolute Gasteiger partial charge is 0.366 e. The first-order valence-corrected chi connectivity index (χ1v) is 4.06. The van der Waals surface area contributed by atoms with Gasteiger partial charge in [-0.1, -0.05) is 5.92 Å². The van der Waals surface area contributed by atoms with Gasteiger partial charge in [0.15, 0.2) is 6.29 Å². The SMILES string of the molecule is C#CCOCC1CC[C@H](OC)O1. The molecular weight excluding hydrogens is 156 g/mol. The molecule has 0 aromatic carbocycles. The van der Waals surface area contributed by atoms with Gasteiger partial charge in [0.1, 0.15) is 6.61 Å². The van der Waals surface area contributed by atoms with Gasteiger partial charge < -0.3 is 14.2 Å². The summed E-state index contributed by atoms with van der Waals surface area (Å²) in [4.78, 5) is 0. The van der Waals surface area contributed by atoms with Gasteiger partial charge in [-0.2, -0.15) is 0 Å². The second kappa shape index (κ2) is 5.15. The van der Waals surface area contributed by atoms with Crippen molar-refractivity contribution in [2.75, 3.05) is 20.3 Å². The lowest BCUT2D eigenvalue weighted by molar-refractivity contribution is -0.126. The molecule has 68 valence electrons. The summed E-state index contributed by atoms with van der Waals surface area (Å²) in [6.07, 6.45) is 7.06. The second-order valence-corrected chi connectivity index (χ2v) is 2.72. The summed E-state index contributed by atoms with van der Waals surface area (Å²) in [5, 5.41) is 0. The van der Waals surface area contributed by atoms with E-state index >= 15 is 0 Å². The van der Waals surface area contributed by atoms with E-state index in [-0.39, 0.29) is 12.4 Å². The molecule has 0 saturated carbocycles. The summed E-state index contributed by atoms with van der Waals surface area (Å²) in [6, 6.07) is 0. The molecule has 0 bridgehead atoms. The Kier molecular flexibility index (Phi) is 4.09. The smallest absolute Gasteiger partial charge is 0.157 e. The maximum absolute atomic E-state index is 5.44. The molecule has 0 aromatic heterocycles. The summed E-state index contributed by atoms with van der Waals surface area (Å²) in [5.74, 6) is 2.41. The topological polar surface area (TPSA) is 27.7 Å². The first kappa shape index (κ1) is 9.53. The van der Waals surface area contributed by atoms with E-state index in [2.05, 4.69) is 5.92 Å². The van der Waals surface area contributed by atoms with Crippen LogP contribution in [0, 0.1) is 12.3 Å². The average molecular weight is 170 g/mol. The molecule has 2 atom stereocenters. The van der Waals surface area contributed by atoms with Gasteiger partial charge in [0.05, 0.1) is 12.7 Å². The predicted octanol–water partition coefficient (Wildman–Crippen LogP) is 0.788. The number of hydrogen-bond donors (Lipinski definition) is 0. The van der Waals surface area contributed by atoms with Crippen LogP contribution in [0.15, 0.2) is 0 Å². The zero-order valence-electron chi connectivity index (χ0n) is 7.29. The van der Waals surface area contributed by atoms with E-state index in [0.29, 0.717) is 13.2 Å². The number of methoxy groups -OCH3 is 1. The summed E-state index contributed by atoms with van der Waals surface area (Å²) >= 11 is 0. The number of rotatable bonds is 4. The minimum atomic E-state index is -0.0514. The fraction of sp³-hybridized carbons (Fsp3) is 0.778. The van der Waals surface area contributed by atoms with E-state index in [4.69, 9.17) is 20.6 Å². The van der Waals surface area contributed by atoms with Crippen LogP contribution in [0.1, 0.15) is 12.8 Å². The molecule has 12 heavy (non-hydrogen) atoms. The van der Waals surface area contributed by atoms with E-state index in [0.717, 1.165) is 12.8 Å². The Balaban J connectivity index is 2.07. The van der Waals surface area contributed by atoms with E-state index in [1.165, 1.54) is 0 Å². The third kappa shape index (κ3) is 2.82. The van der Waals surface area contributed by atoms with Crippen LogP contribution >= 0.6 is 0 Å². The van der Waals surface area contributed by atoms with Crippen LogP contribution in [0.5, 0.6) is 0 Å². The highest BCUT2D eigenvalue weighted by molar-refractivity contribution is 4.83. The van der Waals surface area contributed by atoms with Crippen LogP contribution in [0.2, 0.25) is 0 Å². The highest BCUT2D eigenvalue weighted by atomic mass is 16.7. The maximum atomic E-state index is 5.44. The van der Waals surface area contributed by atoms with E-state index < -0.39 is 0 Å². The molecule has 3 nitrogen and oxygen atoms in total. The fourth-order valence-electron chi connectivity index (χ4n) is 1.22. The van der Waals surface area contributed by atoms with Crippen molar-refractivity contribution >= 4 is 0 Å². The van der Waals surface area contributed by atoms with Gasteiger partial charge in [-0.15, -0.1) is 6.42 Å². The monoisotopic (exact) mass is 170 g/mol. The summed E-state index contributed by atoms with van der Waals surface area (Å²) in [5.41, 5.74) is 0. The Labute approximate surface area is 73.0 Å². The van der Waals surface area contributed by atoms with E-state index in [1.54, 1.807) is 7.11 Å². The molecule has 0 spiro atoms. The highest BCUT2D eigenvalue weighted by Gasteiger charge is 2.24. The lowest BCUT2D eigenvalue weighted by Crippen LogP contribution is -2.17. The van der Waals surface area contributed by atoms with Crippen molar-refractivity contribution in [1.29, 1.82) is 0 Å². The molecule has 0 radical (unpaired) electrons. The fourth-order valence-corrected chi connectivity index (χ4v) is 1.22. The third-order valence-electron chi connectivity index (χ3n) is 1.82. The molecule has 3 heteroatoms. The molecular formula is C9H14O3. The number of terminal acetylenes is 1. The zero-order chi connectivity index (χ0) is 8.81. The summed E-state index contributed by atoms with van der Waals surface area (Å²) in [7, 11) is 1.65. The van der Waals surface area contributed by atoms with Crippen LogP contribution in [0.3, 0.4) is 0 Å². The van der Waals surface area contributed by atoms with Gasteiger partial charge in [0, 0.05) is 13.5 Å². The maximum Gasteiger partial charge on any atom is 0.157 e. The minimum Gasteiger partial charge on any atom is -0.366 e. The van der Waals surface area contributed by atoms with Gasteiger partial charge in [0.2, 0.25) is 0 Å². The first-order chi connectivity index (χ1) is 5.86. The van der Waals surface area contributed by atoms with Crippen molar-refractivity contribution < 1.29 is 14.2 Å². The molecule has 1 saturated heterocycles. The Morgan fingerprint density at radius 3 is 3.00 bits per heavy atom. The molecule has 1 rings (SSSR count). The molecule has 0 aliphatic carbocycles. The van der Waals surface area contributed by atoms with E-state index in [1.807, 2.05) is 0 Å². The molecule has 0 aromatic rings. The zero-order valence-corrected chi connectivity index (χ0v) is 7.29. The number of ether oxygens (including phenoxy) is 3. The van der Waals surface area contributed by atoms with Crippen molar-refractivity contribution in [3.8, 4) is 12.3 Å². The van der Waals surface area contributed by atoms with Gasteiger partial charge in [-0.3, -0.25) is 0 Å². The van der Waals surface area contributed by atoms with E-state index in [9.17, 15) is 0 Å².